The third kappa shape index (κ3) is 5.49. The number of hydrogen-bond donors (Lipinski definition) is 1. The second-order valence-corrected chi connectivity index (χ2v) is 6.58. The summed E-state index contributed by atoms with van der Waals surface area (Å²) in [4.78, 5) is 24.3. The molecule has 5 nitrogen and oxygen atoms in total. The normalized spacial score (nSPS) is 21.1. The molecule has 0 spiro atoms. The van der Waals surface area contributed by atoms with Crippen LogP contribution >= 0.6 is 0 Å². The van der Waals surface area contributed by atoms with E-state index in [2.05, 4.69) is 25.1 Å². The van der Waals surface area contributed by atoms with Gasteiger partial charge in [0, 0.05) is 18.7 Å². The average molecular weight is 331 g/mol. The van der Waals surface area contributed by atoms with E-state index in [-0.39, 0.29) is 0 Å². The van der Waals surface area contributed by atoms with Gasteiger partial charge in [-0.3, -0.25) is 0 Å². The first-order valence-corrected chi connectivity index (χ1v) is 8.33. The van der Waals surface area contributed by atoms with E-state index in [0.29, 0.717) is 17.6 Å². The van der Waals surface area contributed by atoms with Crippen molar-refractivity contribution >= 4 is 11.9 Å². The van der Waals surface area contributed by atoms with Crippen LogP contribution in [0, 0.1) is 5.92 Å². The average Bonchev–Trinajstić information content (AvgIpc) is 2.53. The highest BCUT2D eigenvalue weighted by atomic mass is 16.5. The van der Waals surface area contributed by atoms with Crippen molar-refractivity contribution in [2.75, 3.05) is 20.6 Å². The highest BCUT2D eigenvalue weighted by Gasteiger charge is 2.27. The Hall–Kier alpha value is -2.14. The van der Waals surface area contributed by atoms with Gasteiger partial charge in [-0.2, -0.15) is 0 Å². The number of rotatable bonds is 6. The van der Waals surface area contributed by atoms with Crippen molar-refractivity contribution in [2.24, 2.45) is 5.92 Å². The fourth-order valence-corrected chi connectivity index (χ4v) is 3.43. The van der Waals surface area contributed by atoms with Crippen LogP contribution in [0.3, 0.4) is 0 Å². The minimum Gasteiger partial charge on any atom is -0.478 e. The number of hydrogen-bond acceptors (Lipinski definition) is 4. The van der Waals surface area contributed by atoms with E-state index in [1.807, 2.05) is 12.1 Å². The molecule has 1 fully saturated rings. The van der Waals surface area contributed by atoms with E-state index < -0.39 is 11.9 Å². The van der Waals surface area contributed by atoms with E-state index in [4.69, 9.17) is 9.84 Å². The molecule has 1 saturated carbocycles. The summed E-state index contributed by atoms with van der Waals surface area (Å²) in [7, 11) is 4.19. The summed E-state index contributed by atoms with van der Waals surface area (Å²) in [5.74, 6) is -0.319. The maximum absolute atomic E-state index is 11.6. The third-order valence-corrected chi connectivity index (χ3v) is 4.38. The zero-order valence-corrected chi connectivity index (χ0v) is 14.3. The first-order valence-electron chi connectivity index (χ1n) is 8.33. The van der Waals surface area contributed by atoms with Crippen molar-refractivity contribution in [3.8, 4) is 5.75 Å². The number of carboxylic acids is 1. The van der Waals surface area contributed by atoms with Crippen LogP contribution in [-0.2, 0) is 9.59 Å². The first-order chi connectivity index (χ1) is 11.5. The fourth-order valence-electron chi connectivity index (χ4n) is 3.43. The van der Waals surface area contributed by atoms with Gasteiger partial charge in [-0.15, -0.1) is 0 Å². The minimum atomic E-state index is -1.17. The lowest BCUT2D eigenvalue weighted by molar-refractivity contribution is -0.133. The number of esters is 1. The van der Waals surface area contributed by atoms with Crippen molar-refractivity contribution < 1.29 is 19.4 Å². The van der Waals surface area contributed by atoms with Gasteiger partial charge in [-0.25, -0.2) is 9.59 Å². The molecule has 1 N–H and O–H groups in total. The Balaban J connectivity index is 2.10. The quantitative estimate of drug-likeness (QED) is 0.493. The SMILES string of the molecule is CN(C)C[C@@H]1CCCC[C@H]1c1cccc(OC(=O)/C=C\C(=O)O)c1. The molecule has 1 aromatic rings. The fraction of sp³-hybridized carbons (Fsp3) is 0.474. The molecule has 0 amide bonds. The van der Waals surface area contributed by atoms with E-state index in [1.54, 1.807) is 6.07 Å². The molecule has 130 valence electrons. The van der Waals surface area contributed by atoms with Crippen molar-refractivity contribution in [2.45, 2.75) is 31.6 Å². The number of carboxylic acid groups (broad SMARTS) is 1. The van der Waals surface area contributed by atoms with Crippen LogP contribution in [0.15, 0.2) is 36.4 Å². The van der Waals surface area contributed by atoms with Crippen LogP contribution in [0.2, 0.25) is 0 Å². The number of carbonyl (C=O) groups is 2. The number of ether oxygens (including phenoxy) is 1. The van der Waals surface area contributed by atoms with Crippen LogP contribution in [-0.4, -0.2) is 42.6 Å². The zero-order chi connectivity index (χ0) is 17.5. The summed E-state index contributed by atoms with van der Waals surface area (Å²) in [6.07, 6.45) is 6.55. The largest absolute Gasteiger partial charge is 0.478 e. The Kier molecular flexibility index (Phi) is 6.55. The van der Waals surface area contributed by atoms with Crippen molar-refractivity contribution in [3.05, 3.63) is 42.0 Å². The molecule has 0 unspecified atom stereocenters. The predicted octanol–water partition coefficient (Wildman–Crippen LogP) is 3.07. The van der Waals surface area contributed by atoms with Gasteiger partial charge in [-0.1, -0.05) is 25.0 Å². The standard InChI is InChI=1S/C19H25NO4/c1-20(2)13-15-6-3-4-9-17(15)14-7-5-8-16(12-14)24-19(23)11-10-18(21)22/h5,7-8,10-12,15,17H,3-4,6,9,13H2,1-2H3,(H,21,22)/b11-10-/t15-,17-/m0/s1. The molecule has 0 radical (unpaired) electrons. The molecule has 0 heterocycles. The Morgan fingerprint density at radius 1 is 1.25 bits per heavy atom. The maximum atomic E-state index is 11.6. The topological polar surface area (TPSA) is 66.8 Å². The molecule has 2 rings (SSSR count). The van der Waals surface area contributed by atoms with Crippen LogP contribution in [0.5, 0.6) is 5.75 Å². The molecule has 0 saturated heterocycles. The summed E-state index contributed by atoms with van der Waals surface area (Å²) in [5, 5.41) is 8.55. The minimum absolute atomic E-state index is 0.460. The predicted molar refractivity (Wildman–Crippen MR) is 92.1 cm³/mol. The van der Waals surface area contributed by atoms with Gasteiger partial charge in [0.1, 0.15) is 5.75 Å². The second-order valence-electron chi connectivity index (χ2n) is 6.58. The van der Waals surface area contributed by atoms with Crippen LogP contribution in [0.25, 0.3) is 0 Å². The van der Waals surface area contributed by atoms with Gasteiger partial charge < -0.3 is 14.7 Å². The monoisotopic (exact) mass is 331 g/mol. The van der Waals surface area contributed by atoms with Crippen LogP contribution in [0.4, 0.5) is 0 Å². The van der Waals surface area contributed by atoms with Gasteiger partial charge in [0.2, 0.25) is 0 Å². The molecular formula is C19H25NO4. The summed E-state index contributed by atoms with van der Waals surface area (Å²) in [6.45, 7) is 1.05. The van der Waals surface area contributed by atoms with E-state index in [1.165, 1.54) is 24.8 Å². The summed E-state index contributed by atoms with van der Waals surface area (Å²) in [5.41, 5.74) is 1.19. The summed E-state index contributed by atoms with van der Waals surface area (Å²) in [6, 6.07) is 7.61. The van der Waals surface area contributed by atoms with Crippen molar-refractivity contribution in [1.82, 2.24) is 4.90 Å². The number of carbonyl (C=O) groups excluding carboxylic acids is 1. The Morgan fingerprint density at radius 2 is 2.00 bits per heavy atom. The van der Waals surface area contributed by atoms with Crippen molar-refractivity contribution in [3.63, 3.8) is 0 Å². The molecule has 24 heavy (non-hydrogen) atoms. The molecule has 0 bridgehead atoms. The smallest absolute Gasteiger partial charge is 0.336 e. The molecular weight excluding hydrogens is 306 g/mol. The Morgan fingerprint density at radius 3 is 2.71 bits per heavy atom. The van der Waals surface area contributed by atoms with Crippen LogP contribution in [0.1, 0.15) is 37.2 Å². The molecule has 0 aromatic heterocycles. The number of aliphatic carboxylic acids is 1. The lowest BCUT2D eigenvalue weighted by atomic mass is 9.75. The molecule has 1 aromatic carbocycles. The first kappa shape index (κ1) is 18.2. The molecule has 5 heteroatoms. The van der Waals surface area contributed by atoms with E-state index in [9.17, 15) is 9.59 Å². The van der Waals surface area contributed by atoms with Gasteiger partial charge in [-0.05, 0) is 56.5 Å². The lowest BCUT2D eigenvalue weighted by Crippen LogP contribution is -2.28. The third-order valence-electron chi connectivity index (χ3n) is 4.38. The molecule has 0 aliphatic heterocycles. The molecule has 2 atom stereocenters. The highest BCUT2D eigenvalue weighted by molar-refractivity contribution is 5.91. The lowest BCUT2D eigenvalue weighted by Gasteiger charge is -2.34. The number of benzene rings is 1. The Bertz CT molecular complexity index is 609. The van der Waals surface area contributed by atoms with E-state index in [0.717, 1.165) is 25.1 Å². The highest BCUT2D eigenvalue weighted by Crippen LogP contribution is 2.39. The second kappa shape index (κ2) is 8.64. The van der Waals surface area contributed by atoms with Gasteiger partial charge in [0.05, 0.1) is 0 Å². The van der Waals surface area contributed by atoms with Gasteiger partial charge >= 0.3 is 11.9 Å². The summed E-state index contributed by atoms with van der Waals surface area (Å²) < 4.78 is 5.21. The maximum Gasteiger partial charge on any atom is 0.336 e. The summed E-state index contributed by atoms with van der Waals surface area (Å²) >= 11 is 0. The number of nitrogens with zero attached hydrogens (tertiary/aromatic N) is 1. The van der Waals surface area contributed by atoms with Gasteiger partial charge in [0.15, 0.2) is 0 Å². The van der Waals surface area contributed by atoms with Gasteiger partial charge in [0.25, 0.3) is 0 Å². The van der Waals surface area contributed by atoms with Crippen molar-refractivity contribution in [1.29, 1.82) is 0 Å². The molecule has 1 aliphatic carbocycles. The van der Waals surface area contributed by atoms with E-state index >= 15 is 0 Å². The zero-order valence-electron chi connectivity index (χ0n) is 14.3. The van der Waals surface area contributed by atoms with Crippen LogP contribution < -0.4 is 4.74 Å². The Labute approximate surface area is 142 Å². The molecule has 1 aliphatic rings.